The molecule has 1 N–H and O–H groups in total. The van der Waals surface area contributed by atoms with E-state index >= 15 is 0 Å². The van der Waals surface area contributed by atoms with Crippen molar-refractivity contribution in [3.8, 4) is 0 Å². The zero-order valence-corrected chi connectivity index (χ0v) is 10.8. The lowest BCUT2D eigenvalue weighted by Crippen LogP contribution is -1.95. The maximum atomic E-state index is 13.4. The number of aromatic nitrogens is 1. The number of hydrogen-bond acceptors (Lipinski definition) is 3. The number of halogens is 4. The molecule has 0 unspecified atom stereocenters. The van der Waals surface area contributed by atoms with E-state index < -0.39 is 11.6 Å². The monoisotopic (exact) mass is 324 g/mol. The van der Waals surface area contributed by atoms with Crippen LogP contribution in [0.1, 0.15) is 0 Å². The van der Waals surface area contributed by atoms with Crippen LogP contribution in [0, 0.1) is 11.6 Å². The highest BCUT2D eigenvalue weighted by molar-refractivity contribution is 9.10. The summed E-state index contributed by atoms with van der Waals surface area (Å²) in [5.41, 5.74) is 0.0201. The molecule has 2 nitrogen and oxygen atoms in total. The van der Waals surface area contributed by atoms with Crippen LogP contribution in [0.25, 0.3) is 0 Å². The Balaban J connectivity index is 2.31. The van der Waals surface area contributed by atoms with Crippen LogP contribution in [0.5, 0.6) is 0 Å². The van der Waals surface area contributed by atoms with Gasteiger partial charge in [0.05, 0.1) is 10.2 Å². The lowest BCUT2D eigenvalue weighted by atomic mass is 10.3. The number of benzene rings is 1. The SMILES string of the molecule is Fc1cc(Nc2nc(Cl)cs2)c(F)cc1Br. The smallest absolute Gasteiger partial charge is 0.188 e. The molecule has 0 saturated heterocycles. The molecule has 0 saturated carbocycles. The normalized spacial score (nSPS) is 10.5. The number of hydrogen-bond donors (Lipinski definition) is 1. The van der Waals surface area contributed by atoms with Crippen molar-refractivity contribution < 1.29 is 8.78 Å². The summed E-state index contributed by atoms with van der Waals surface area (Å²) in [7, 11) is 0. The van der Waals surface area contributed by atoms with Crippen molar-refractivity contribution in [2.24, 2.45) is 0 Å². The Morgan fingerprint density at radius 2 is 2.06 bits per heavy atom. The average Bonchev–Trinajstić information content (AvgIpc) is 2.60. The van der Waals surface area contributed by atoms with Gasteiger partial charge in [-0.2, -0.15) is 0 Å². The van der Waals surface area contributed by atoms with Gasteiger partial charge in [-0.15, -0.1) is 11.3 Å². The molecule has 0 aliphatic rings. The minimum atomic E-state index is -0.570. The third-order valence-corrected chi connectivity index (χ3v) is 3.42. The third kappa shape index (κ3) is 2.50. The van der Waals surface area contributed by atoms with E-state index in [-0.39, 0.29) is 10.2 Å². The number of nitrogens with one attached hydrogen (secondary N) is 1. The van der Waals surface area contributed by atoms with Crippen LogP contribution in [-0.2, 0) is 0 Å². The predicted octanol–water partition coefficient (Wildman–Crippen LogP) is 4.58. The van der Waals surface area contributed by atoms with E-state index in [4.69, 9.17) is 11.6 Å². The van der Waals surface area contributed by atoms with E-state index in [9.17, 15) is 8.78 Å². The summed E-state index contributed by atoms with van der Waals surface area (Å²) >= 11 is 9.71. The van der Waals surface area contributed by atoms with Gasteiger partial charge in [0.15, 0.2) is 5.13 Å². The van der Waals surface area contributed by atoms with Crippen LogP contribution in [0.2, 0.25) is 5.15 Å². The second-order valence-corrected chi connectivity index (χ2v) is 4.95. The topological polar surface area (TPSA) is 24.9 Å². The highest BCUT2D eigenvalue weighted by atomic mass is 79.9. The first-order valence-corrected chi connectivity index (χ1v) is 6.14. The highest BCUT2D eigenvalue weighted by Gasteiger charge is 2.09. The largest absolute Gasteiger partial charge is 0.329 e. The van der Waals surface area contributed by atoms with Gasteiger partial charge in [0, 0.05) is 11.4 Å². The number of anilines is 2. The lowest BCUT2D eigenvalue weighted by molar-refractivity contribution is 0.598. The van der Waals surface area contributed by atoms with E-state index in [1.807, 2.05) is 0 Å². The molecule has 0 spiro atoms. The fourth-order valence-corrected chi connectivity index (χ4v) is 2.21. The summed E-state index contributed by atoms with van der Waals surface area (Å²) in [4.78, 5) is 3.87. The molecule has 0 radical (unpaired) electrons. The first-order chi connectivity index (χ1) is 7.56. The minimum absolute atomic E-state index is 0.0201. The van der Waals surface area contributed by atoms with Crippen LogP contribution >= 0.6 is 38.9 Å². The Morgan fingerprint density at radius 1 is 1.31 bits per heavy atom. The van der Waals surface area contributed by atoms with Crippen molar-refractivity contribution >= 4 is 49.7 Å². The van der Waals surface area contributed by atoms with Crippen LogP contribution in [0.4, 0.5) is 19.6 Å². The molecular formula is C9H4BrClF2N2S. The van der Waals surface area contributed by atoms with Gasteiger partial charge >= 0.3 is 0 Å². The second-order valence-electron chi connectivity index (χ2n) is 2.85. The molecule has 0 bridgehead atoms. The molecule has 1 heterocycles. The Labute approximate surface area is 107 Å². The van der Waals surface area contributed by atoms with E-state index in [0.717, 1.165) is 12.1 Å². The molecule has 0 fully saturated rings. The Morgan fingerprint density at radius 3 is 2.69 bits per heavy atom. The Bertz CT molecular complexity index is 532. The molecule has 1 aromatic carbocycles. The first kappa shape index (κ1) is 11.8. The fraction of sp³-hybridized carbons (Fsp3) is 0. The molecule has 84 valence electrons. The van der Waals surface area contributed by atoms with Gasteiger partial charge < -0.3 is 5.32 Å². The molecule has 1 aromatic heterocycles. The molecule has 7 heteroatoms. The summed E-state index contributed by atoms with van der Waals surface area (Å²) in [6, 6.07) is 2.10. The van der Waals surface area contributed by atoms with E-state index in [1.165, 1.54) is 11.3 Å². The Kier molecular flexibility index (Phi) is 3.41. The van der Waals surface area contributed by atoms with Gasteiger partial charge in [-0.1, -0.05) is 11.6 Å². The van der Waals surface area contributed by atoms with Crippen molar-refractivity contribution in [3.05, 3.63) is 38.8 Å². The van der Waals surface area contributed by atoms with Crippen molar-refractivity contribution in [2.75, 3.05) is 5.32 Å². The molecular weight excluding hydrogens is 322 g/mol. The molecule has 0 aliphatic heterocycles. The third-order valence-electron chi connectivity index (χ3n) is 1.73. The maximum absolute atomic E-state index is 13.4. The highest BCUT2D eigenvalue weighted by Crippen LogP contribution is 2.28. The zero-order valence-electron chi connectivity index (χ0n) is 7.60. The summed E-state index contributed by atoms with van der Waals surface area (Å²) < 4.78 is 26.7. The summed E-state index contributed by atoms with van der Waals surface area (Å²) in [6.45, 7) is 0. The van der Waals surface area contributed by atoms with E-state index in [0.29, 0.717) is 10.3 Å². The van der Waals surface area contributed by atoms with Crippen molar-refractivity contribution in [1.29, 1.82) is 0 Å². The van der Waals surface area contributed by atoms with Crippen LogP contribution in [0.3, 0.4) is 0 Å². The number of nitrogens with zero attached hydrogens (tertiary/aromatic N) is 1. The zero-order chi connectivity index (χ0) is 11.7. The van der Waals surface area contributed by atoms with Crippen molar-refractivity contribution in [2.45, 2.75) is 0 Å². The van der Waals surface area contributed by atoms with Gasteiger partial charge in [0.2, 0.25) is 0 Å². The minimum Gasteiger partial charge on any atom is -0.329 e. The molecule has 2 aromatic rings. The lowest BCUT2D eigenvalue weighted by Gasteiger charge is -2.05. The van der Waals surface area contributed by atoms with Crippen molar-refractivity contribution in [3.63, 3.8) is 0 Å². The van der Waals surface area contributed by atoms with Crippen LogP contribution in [0.15, 0.2) is 22.0 Å². The van der Waals surface area contributed by atoms with Gasteiger partial charge in [-0.3, -0.25) is 0 Å². The molecule has 0 amide bonds. The quantitative estimate of drug-likeness (QED) is 0.817. The van der Waals surface area contributed by atoms with Gasteiger partial charge in [0.1, 0.15) is 16.8 Å². The summed E-state index contributed by atoms with van der Waals surface area (Å²) in [5.74, 6) is -1.12. The van der Waals surface area contributed by atoms with Gasteiger partial charge in [-0.05, 0) is 22.0 Å². The summed E-state index contributed by atoms with van der Waals surface area (Å²) in [5, 5.41) is 4.96. The second kappa shape index (κ2) is 4.65. The Hall–Kier alpha value is -0.720. The molecule has 0 atom stereocenters. The van der Waals surface area contributed by atoms with Crippen LogP contribution in [-0.4, -0.2) is 4.98 Å². The number of thiazole rings is 1. The fourth-order valence-electron chi connectivity index (χ4n) is 1.05. The van der Waals surface area contributed by atoms with Crippen LogP contribution < -0.4 is 5.32 Å². The van der Waals surface area contributed by atoms with E-state index in [2.05, 4.69) is 26.2 Å². The van der Waals surface area contributed by atoms with Gasteiger partial charge in [-0.25, -0.2) is 13.8 Å². The molecule has 2 rings (SSSR count). The first-order valence-electron chi connectivity index (χ1n) is 4.09. The van der Waals surface area contributed by atoms with Gasteiger partial charge in [0.25, 0.3) is 0 Å². The van der Waals surface area contributed by atoms with Crippen molar-refractivity contribution in [1.82, 2.24) is 4.98 Å². The molecule has 16 heavy (non-hydrogen) atoms. The summed E-state index contributed by atoms with van der Waals surface area (Å²) in [6.07, 6.45) is 0. The molecule has 0 aliphatic carbocycles. The predicted molar refractivity (Wildman–Crippen MR) is 64.5 cm³/mol. The average molecular weight is 326 g/mol. The van der Waals surface area contributed by atoms with E-state index in [1.54, 1.807) is 5.38 Å². The number of rotatable bonds is 2. The maximum Gasteiger partial charge on any atom is 0.188 e. The standard InChI is InChI=1S/C9H4BrClF2N2S/c10-4-1-6(13)7(2-5(4)12)14-9-15-8(11)3-16-9/h1-3H,(H,14,15).